The minimum Gasteiger partial charge on any atom is -0.388 e. The number of carbonyl (C=O) groups excluding carboxylic acids is 2. The molecule has 28 heavy (non-hydrogen) atoms. The van der Waals surface area contributed by atoms with Gasteiger partial charge < -0.3 is 15.3 Å². The summed E-state index contributed by atoms with van der Waals surface area (Å²) in [6, 6.07) is 0.236. The van der Waals surface area contributed by atoms with Crippen LogP contribution in [0, 0.1) is 5.92 Å². The monoisotopic (exact) mass is 391 g/mol. The van der Waals surface area contributed by atoms with Gasteiger partial charge in [-0.05, 0) is 38.0 Å². The maximum atomic E-state index is 12.3. The number of piperidine rings is 1. The van der Waals surface area contributed by atoms with E-state index in [9.17, 15) is 14.7 Å². The van der Waals surface area contributed by atoms with Crippen LogP contribution < -0.4 is 5.32 Å². The normalized spacial score (nSPS) is 19.9. The quantitative estimate of drug-likeness (QED) is 0.737. The lowest BCUT2D eigenvalue weighted by Crippen LogP contribution is -2.48. The molecule has 2 fully saturated rings. The molecule has 2 heterocycles. The van der Waals surface area contributed by atoms with Gasteiger partial charge >= 0.3 is 0 Å². The molecule has 1 aliphatic heterocycles. The number of carbonyl (C=O) groups is 2. The number of aromatic nitrogens is 3. The molecule has 156 valence electrons. The van der Waals surface area contributed by atoms with Crippen molar-refractivity contribution in [3.63, 3.8) is 0 Å². The number of nitrogens with one attached hydrogen (secondary N) is 1. The number of likely N-dealkylation sites (tertiary alicyclic amines) is 1. The van der Waals surface area contributed by atoms with E-state index in [1.807, 2.05) is 4.90 Å². The first-order chi connectivity index (χ1) is 13.3. The Morgan fingerprint density at radius 2 is 1.96 bits per heavy atom. The van der Waals surface area contributed by atoms with Crippen LogP contribution in [0.1, 0.15) is 75.7 Å². The average Bonchev–Trinajstić information content (AvgIpc) is 3.32. The predicted molar refractivity (Wildman–Crippen MR) is 105 cm³/mol. The molecule has 1 aromatic rings. The van der Waals surface area contributed by atoms with Gasteiger partial charge in [-0.2, -0.15) is 0 Å². The Labute approximate surface area is 166 Å². The molecule has 3 rings (SSSR count). The zero-order chi connectivity index (χ0) is 20.1. The van der Waals surface area contributed by atoms with E-state index in [-0.39, 0.29) is 30.1 Å². The zero-order valence-corrected chi connectivity index (χ0v) is 17.1. The first-order valence-electron chi connectivity index (χ1n) is 10.6. The van der Waals surface area contributed by atoms with E-state index in [1.165, 1.54) is 0 Å². The number of aliphatic hydroxyl groups is 1. The summed E-state index contributed by atoms with van der Waals surface area (Å²) < 4.78 is 1.54. The average molecular weight is 392 g/mol. The lowest BCUT2D eigenvalue weighted by molar-refractivity contribution is -0.136. The van der Waals surface area contributed by atoms with Crippen molar-refractivity contribution in [2.24, 2.45) is 5.92 Å². The van der Waals surface area contributed by atoms with Crippen LogP contribution in [0.4, 0.5) is 0 Å². The van der Waals surface area contributed by atoms with Crippen molar-refractivity contribution >= 4 is 11.8 Å². The van der Waals surface area contributed by atoms with Crippen LogP contribution in [-0.4, -0.2) is 61.5 Å². The van der Waals surface area contributed by atoms with Gasteiger partial charge in [0.1, 0.15) is 0 Å². The van der Waals surface area contributed by atoms with Crippen LogP contribution in [0.3, 0.4) is 0 Å². The molecule has 8 heteroatoms. The second-order valence-electron chi connectivity index (χ2n) is 8.79. The van der Waals surface area contributed by atoms with Gasteiger partial charge in [0, 0.05) is 25.6 Å². The largest absolute Gasteiger partial charge is 0.388 e. The number of amides is 2. The first-order valence-corrected chi connectivity index (χ1v) is 10.6. The van der Waals surface area contributed by atoms with Crippen molar-refractivity contribution in [3.8, 4) is 0 Å². The van der Waals surface area contributed by atoms with E-state index >= 15 is 0 Å². The molecule has 0 spiro atoms. The fraction of sp³-hybridized carbons (Fsp3) is 0.800. The molecule has 1 saturated carbocycles. The topological polar surface area (TPSA) is 100 Å². The maximum absolute atomic E-state index is 12.3. The number of hydrogen-bond acceptors (Lipinski definition) is 5. The first kappa shape index (κ1) is 20.8. The molecule has 1 saturated heterocycles. The highest BCUT2D eigenvalue weighted by Crippen LogP contribution is 2.25. The molecule has 0 unspecified atom stereocenters. The van der Waals surface area contributed by atoms with Gasteiger partial charge in [-0.25, -0.2) is 4.68 Å². The summed E-state index contributed by atoms with van der Waals surface area (Å²) in [7, 11) is 0. The lowest BCUT2D eigenvalue weighted by Gasteiger charge is -2.38. The Balaban J connectivity index is 1.48. The van der Waals surface area contributed by atoms with Crippen LogP contribution >= 0.6 is 0 Å². The van der Waals surface area contributed by atoms with Gasteiger partial charge in [0.25, 0.3) is 5.91 Å². The van der Waals surface area contributed by atoms with E-state index in [0.29, 0.717) is 38.3 Å². The highest BCUT2D eigenvalue weighted by atomic mass is 16.3. The third-order valence-corrected chi connectivity index (χ3v) is 5.90. The molecular formula is C20H33N5O3. The van der Waals surface area contributed by atoms with Gasteiger partial charge in [-0.1, -0.05) is 31.9 Å². The second-order valence-corrected chi connectivity index (χ2v) is 8.79. The van der Waals surface area contributed by atoms with E-state index in [0.717, 1.165) is 32.1 Å². The van der Waals surface area contributed by atoms with Crippen molar-refractivity contribution < 1.29 is 14.7 Å². The van der Waals surface area contributed by atoms with Crippen molar-refractivity contribution in [2.75, 3.05) is 13.1 Å². The molecule has 0 bridgehead atoms. The summed E-state index contributed by atoms with van der Waals surface area (Å²) in [5.74, 6) is 0.483. The molecule has 2 N–H and O–H groups in total. The van der Waals surface area contributed by atoms with Crippen LogP contribution in [0.2, 0.25) is 0 Å². The Bertz CT molecular complexity index is 673. The summed E-state index contributed by atoms with van der Waals surface area (Å²) in [6.07, 6.45) is 8.42. The highest BCUT2D eigenvalue weighted by molar-refractivity contribution is 5.92. The highest BCUT2D eigenvalue weighted by Gasteiger charge is 2.34. The molecule has 8 nitrogen and oxygen atoms in total. The minimum atomic E-state index is -0.929. The second kappa shape index (κ2) is 9.03. The van der Waals surface area contributed by atoms with Crippen LogP contribution in [0.25, 0.3) is 0 Å². The molecule has 0 aromatic carbocycles. The van der Waals surface area contributed by atoms with Gasteiger partial charge in [0.2, 0.25) is 5.91 Å². The minimum absolute atomic E-state index is 0.169. The zero-order valence-electron chi connectivity index (χ0n) is 17.1. The van der Waals surface area contributed by atoms with E-state index < -0.39 is 5.60 Å². The van der Waals surface area contributed by atoms with E-state index in [1.54, 1.807) is 10.9 Å². The smallest absolute Gasteiger partial charge is 0.273 e. The maximum Gasteiger partial charge on any atom is 0.273 e. The third kappa shape index (κ3) is 5.53. The molecule has 1 aromatic heterocycles. The fourth-order valence-corrected chi connectivity index (χ4v) is 4.01. The Kier molecular flexibility index (Phi) is 6.69. The van der Waals surface area contributed by atoms with E-state index in [4.69, 9.17) is 0 Å². The van der Waals surface area contributed by atoms with Gasteiger partial charge in [0.05, 0.1) is 18.3 Å². The van der Waals surface area contributed by atoms with Crippen LogP contribution in [0.5, 0.6) is 0 Å². The van der Waals surface area contributed by atoms with Crippen molar-refractivity contribution in [1.29, 1.82) is 0 Å². The van der Waals surface area contributed by atoms with Gasteiger partial charge in [0.15, 0.2) is 5.69 Å². The van der Waals surface area contributed by atoms with Crippen molar-refractivity contribution in [3.05, 3.63) is 11.9 Å². The molecular weight excluding hydrogens is 358 g/mol. The molecule has 2 aliphatic rings. The van der Waals surface area contributed by atoms with Crippen LogP contribution in [-0.2, 0) is 11.3 Å². The number of hydrogen-bond donors (Lipinski definition) is 2. The van der Waals surface area contributed by atoms with Crippen molar-refractivity contribution in [2.45, 2.75) is 83.4 Å². The SMILES string of the molecule is CC(C)CCC(=O)N1CCC(O)(Cn2cc(C(=O)NC3CCCC3)nn2)CC1. The molecule has 0 radical (unpaired) electrons. The summed E-state index contributed by atoms with van der Waals surface area (Å²) in [5, 5.41) is 21.9. The number of rotatable bonds is 7. The Morgan fingerprint density at radius 3 is 2.61 bits per heavy atom. The summed E-state index contributed by atoms with van der Waals surface area (Å²) in [5.41, 5.74) is -0.640. The summed E-state index contributed by atoms with van der Waals surface area (Å²) >= 11 is 0. The molecule has 2 amide bonds. The molecule has 0 atom stereocenters. The van der Waals surface area contributed by atoms with E-state index in [2.05, 4.69) is 29.5 Å². The lowest BCUT2D eigenvalue weighted by atomic mass is 9.91. The van der Waals surface area contributed by atoms with Gasteiger partial charge in [-0.15, -0.1) is 5.10 Å². The summed E-state index contributed by atoms with van der Waals surface area (Å²) in [4.78, 5) is 26.4. The fourth-order valence-electron chi connectivity index (χ4n) is 4.01. The predicted octanol–water partition coefficient (Wildman–Crippen LogP) is 1.74. The molecule has 1 aliphatic carbocycles. The Morgan fingerprint density at radius 1 is 1.29 bits per heavy atom. The van der Waals surface area contributed by atoms with Crippen LogP contribution in [0.15, 0.2) is 6.20 Å². The third-order valence-electron chi connectivity index (χ3n) is 5.90. The van der Waals surface area contributed by atoms with Crippen molar-refractivity contribution in [1.82, 2.24) is 25.2 Å². The standard InChI is InChI=1S/C20H33N5O3/c1-15(2)7-8-18(26)24-11-9-20(28,10-12-24)14-25-13-17(22-23-25)19(27)21-16-5-3-4-6-16/h13,15-16,28H,3-12,14H2,1-2H3,(H,21,27). The van der Waals surface area contributed by atoms with Gasteiger partial charge in [-0.3, -0.25) is 9.59 Å². The Hall–Kier alpha value is -1.96. The summed E-state index contributed by atoms with van der Waals surface area (Å²) in [6.45, 7) is 5.62. The number of nitrogens with zero attached hydrogens (tertiary/aromatic N) is 4.